The molecule has 1 aromatic carbocycles. The topological polar surface area (TPSA) is 24.9 Å². The van der Waals surface area contributed by atoms with Gasteiger partial charge in [0.2, 0.25) is 0 Å². The van der Waals surface area contributed by atoms with Gasteiger partial charge in [-0.25, -0.2) is 0 Å². The number of benzene rings is 1. The zero-order valence-corrected chi connectivity index (χ0v) is 14.4. The Morgan fingerprint density at radius 3 is 2.62 bits per heavy atom. The third-order valence-electron chi connectivity index (χ3n) is 3.90. The fourth-order valence-corrected chi connectivity index (χ4v) is 2.46. The Morgan fingerprint density at radius 1 is 1.29 bits per heavy atom. The van der Waals surface area contributed by atoms with Gasteiger partial charge in [0.1, 0.15) is 0 Å². The van der Waals surface area contributed by atoms with Gasteiger partial charge in [-0.1, -0.05) is 51.4 Å². The molecule has 0 saturated heterocycles. The van der Waals surface area contributed by atoms with Gasteiger partial charge in [-0.3, -0.25) is 4.98 Å². The quantitative estimate of drug-likeness (QED) is 0.852. The van der Waals surface area contributed by atoms with Crippen molar-refractivity contribution in [1.29, 1.82) is 0 Å². The summed E-state index contributed by atoms with van der Waals surface area (Å²) in [6, 6.07) is 8.73. The first-order chi connectivity index (χ1) is 9.82. The Hall–Kier alpha value is -1.12. The van der Waals surface area contributed by atoms with Crippen LogP contribution in [0.1, 0.15) is 52.3 Å². The highest BCUT2D eigenvalue weighted by Gasteiger charge is 2.18. The molecule has 1 aromatic heterocycles. The van der Waals surface area contributed by atoms with Crippen LogP contribution in [-0.2, 0) is 12.0 Å². The molecule has 21 heavy (non-hydrogen) atoms. The predicted octanol–water partition coefficient (Wildman–Crippen LogP) is 5.07. The number of hydrogen-bond acceptors (Lipinski definition) is 2. The summed E-state index contributed by atoms with van der Waals surface area (Å²) in [6.07, 6.45) is 1.12. The predicted molar refractivity (Wildman–Crippen MR) is 92.0 cm³/mol. The zero-order valence-electron chi connectivity index (χ0n) is 13.6. The SMILES string of the molecule is CCC(C)NCc1cc(C(C)(C)C)nc2c(Cl)cccc12. The number of rotatable bonds is 4. The molecule has 2 aromatic rings. The maximum absolute atomic E-state index is 6.36. The third-order valence-corrected chi connectivity index (χ3v) is 4.20. The Balaban J connectivity index is 2.53. The maximum Gasteiger partial charge on any atom is 0.0894 e. The molecule has 1 atom stereocenters. The molecule has 1 unspecified atom stereocenters. The molecule has 1 N–H and O–H groups in total. The number of nitrogens with zero attached hydrogens (tertiary/aromatic N) is 1. The molecule has 0 aliphatic heterocycles. The summed E-state index contributed by atoms with van der Waals surface area (Å²) in [4.78, 5) is 4.79. The number of para-hydroxylation sites is 1. The van der Waals surface area contributed by atoms with Crippen molar-refractivity contribution >= 4 is 22.5 Å². The summed E-state index contributed by atoms with van der Waals surface area (Å²) >= 11 is 6.36. The molecular formula is C18H25ClN2. The number of halogens is 1. The fourth-order valence-electron chi connectivity index (χ4n) is 2.24. The Labute approximate surface area is 132 Å². The summed E-state index contributed by atoms with van der Waals surface area (Å²) in [5, 5.41) is 5.44. The Morgan fingerprint density at radius 2 is 2.00 bits per heavy atom. The molecule has 0 radical (unpaired) electrons. The standard InChI is InChI=1S/C18H25ClN2/c1-6-12(2)20-11-13-10-16(18(3,4)5)21-17-14(13)8-7-9-15(17)19/h7-10,12,20H,6,11H2,1-5H3. The average Bonchev–Trinajstić information content (AvgIpc) is 2.43. The van der Waals surface area contributed by atoms with Crippen LogP contribution in [0.4, 0.5) is 0 Å². The largest absolute Gasteiger partial charge is 0.310 e. The smallest absolute Gasteiger partial charge is 0.0894 e. The van der Waals surface area contributed by atoms with Crippen LogP contribution in [-0.4, -0.2) is 11.0 Å². The maximum atomic E-state index is 6.36. The number of hydrogen-bond donors (Lipinski definition) is 1. The Kier molecular flexibility index (Phi) is 4.90. The molecular weight excluding hydrogens is 280 g/mol. The van der Waals surface area contributed by atoms with E-state index in [9.17, 15) is 0 Å². The first kappa shape index (κ1) is 16.3. The van der Waals surface area contributed by atoms with Gasteiger partial charge in [-0.2, -0.15) is 0 Å². The molecule has 0 amide bonds. The minimum atomic E-state index is 0.0124. The normalized spacial score (nSPS) is 13.6. The van der Waals surface area contributed by atoms with Crippen LogP contribution < -0.4 is 5.32 Å². The number of nitrogens with one attached hydrogen (secondary N) is 1. The van der Waals surface area contributed by atoms with Crippen LogP contribution in [0.5, 0.6) is 0 Å². The first-order valence-corrected chi connectivity index (χ1v) is 8.02. The van der Waals surface area contributed by atoms with E-state index in [1.165, 1.54) is 5.56 Å². The first-order valence-electron chi connectivity index (χ1n) is 7.65. The van der Waals surface area contributed by atoms with Gasteiger partial charge >= 0.3 is 0 Å². The van der Waals surface area contributed by atoms with E-state index in [0.717, 1.165) is 34.6 Å². The summed E-state index contributed by atoms with van der Waals surface area (Å²) in [5.74, 6) is 0. The second-order valence-electron chi connectivity index (χ2n) is 6.74. The molecule has 2 rings (SSSR count). The van der Waals surface area contributed by atoms with Crippen LogP contribution in [0, 0.1) is 0 Å². The molecule has 0 spiro atoms. The minimum Gasteiger partial charge on any atom is -0.310 e. The van der Waals surface area contributed by atoms with Crippen molar-refractivity contribution in [1.82, 2.24) is 10.3 Å². The molecule has 0 aliphatic carbocycles. The molecule has 0 bridgehead atoms. The number of pyridine rings is 1. The van der Waals surface area contributed by atoms with Gasteiger partial charge < -0.3 is 5.32 Å². The van der Waals surface area contributed by atoms with Crippen molar-refractivity contribution in [3.05, 3.63) is 40.5 Å². The zero-order chi connectivity index (χ0) is 15.6. The van der Waals surface area contributed by atoms with Gasteiger partial charge in [0, 0.05) is 29.1 Å². The Bertz CT molecular complexity index is 629. The second kappa shape index (κ2) is 6.33. The highest BCUT2D eigenvalue weighted by molar-refractivity contribution is 6.35. The highest BCUT2D eigenvalue weighted by Crippen LogP contribution is 2.29. The lowest BCUT2D eigenvalue weighted by atomic mass is 9.89. The molecule has 0 aliphatic rings. The lowest BCUT2D eigenvalue weighted by Crippen LogP contribution is -2.25. The van der Waals surface area contributed by atoms with E-state index in [0.29, 0.717) is 6.04 Å². The van der Waals surface area contributed by atoms with E-state index in [1.54, 1.807) is 0 Å². The van der Waals surface area contributed by atoms with E-state index in [-0.39, 0.29) is 5.41 Å². The molecule has 1 heterocycles. The molecule has 3 heteroatoms. The lowest BCUT2D eigenvalue weighted by Gasteiger charge is -2.21. The lowest BCUT2D eigenvalue weighted by molar-refractivity contribution is 0.532. The molecule has 0 fully saturated rings. The summed E-state index contributed by atoms with van der Waals surface area (Å²) in [6.45, 7) is 11.8. The van der Waals surface area contributed by atoms with Crippen LogP contribution >= 0.6 is 11.6 Å². The van der Waals surface area contributed by atoms with Crippen LogP contribution in [0.2, 0.25) is 5.02 Å². The molecule has 114 valence electrons. The number of fused-ring (bicyclic) bond motifs is 1. The second-order valence-corrected chi connectivity index (χ2v) is 7.15. The van der Waals surface area contributed by atoms with Crippen molar-refractivity contribution in [2.75, 3.05) is 0 Å². The van der Waals surface area contributed by atoms with Crippen molar-refractivity contribution < 1.29 is 0 Å². The van der Waals surface area contributed by atoms with Crippen LogP contribution in [0.25, 0.3) is 10.9 Å². The van der Waals surface area contributed by atoms with Crippen molar-refractivity contribution in [3.63, 3.8) is 0 Å². The average molecular weight is 305 g/mol. The monoisotopic (exact) mass is 304 g/mol. The molecule has 2 nitrogen and oxygen atoms in total. The molecule has 0 saturated carbocycles. The van der Waals surface area contributed by atoms with E-state index >= 15 is 0 Å². The van der Waals surface area contributed by atoms with Gasteiger partial charge in [0.05, 0.1) is 10.5 Å². The summed E-state index contributed by atoms with van der Waals surface area (Å²) < 4.78 is 0. The van der Waals surface area contributed by atoms with Crippen molar-refractivity contribution in [2.24, 2.45) is 0 Å². The van der Waals surface area contributed by atoms with Crippen LogP contribution in [0.3, 0.4) is 0 Å². The summed E-state index contributed by atoms with van der Waals surface area (Å²) in [5.41, 5.74) is 3.28. The minimum absolute atomic E-state index is 0.0124. The van der Waals surface area contributed by atoms with E-state index in [2.05, 4.69) is 52.1 Å². The van der Waals surface area contributed by atoms with E-state index in [1.807, 2.05) is 12.1 Å². The van der Waals surface area contributed by atoms with E-state index in [4.69, 9.17) is 16.6 Å². The van der Waals surface area contributed by atoms with Crippen molar-refractivity contribution in [2.45, 2.75) is 59.0 Å². The summed E-state index contributed by atoms with van der Waals surface area (Å²) in [7, 11) is 0. The fraction of sp³-hybridized carbons (Fsp3) is 0.500. The van der Waals surface area contributed by atoms with Gasteiger partial charge in [-0.15, -0.1) is 0 Å². The highest BCUT2D eigenvalue weighted by atomic mass is 35.5. The van der Waals surface area contributed by atoms with Gasteiger partial charge in [0.15, 0.2) is 0 Å². The van der Waals surface area contributed by atoms with Gasteiger partial charge in [0.25, 0.3) is 0 Å². The van der Waals surface area contributed by atoms with Crippen molar-refractivity contribution in [3.8, 4) is 0 Å². The van der Waals surface area contributed by atoms with Crippen LogP contribution in [0.15, 0.2) is 24.3 Å². The van der Waals surface area contributed by atoms with Gasteiger partial charge in [-0.05, 0) is 31.0 Å². The van der Waals surface area contributed by atoms with E-state index < -0.39 is 0 Å². The third kappa shape index (κ3) is 3.75. The number of aromatic nitrogens is 1.